The van der Waals surface area contributed by atoms with E-state index in [2.05, 4.69) is 55.2 Å². The van der Waals surface area contributed by atoms with Crippen LogP contribution in [0.1, 0.15) is 126 Å². The number of rotatable bonds is 36. The van der Waals surface area contributed by atoms with E-state index in [1.807, 2.05) is 27.7 Å². The zero-order valence-electron chi connectivity index (χ0n) is 45.7. The fourth-order valence-electron chi connectivity index (χ4n) is 8.28. The molecule has 0 spiro atoms. The van der Waals surface area contributed by atoms with Crippen LogP contribution in [0.25, 0.3) is 0 Å². The molecule has 28 heteroatoms. The molecule has 18 N–H and O–H groups in total. The number of amides is 11. The Hall–Kier alpha value is -6.13. The van der Waals surface area contributed by atoms with Gasteiger partial charge in [0.25, 0.3) is 0 Å². The summed E-state index contributed by atoms with van der Waals surface area (Å²) in [6.45, 7) is 13.6. The highest BCUT2D eigenvalue weighted by molar-refractivity contribution is 7.80. The average Bonchev–Trinajstić information content (AvgIpc) is 3.85. The molecular weight excluding hydrogens is 1030 g/mol. The molecule has 1 aliphatic heterocycles. The summed E-state index contributed by atoms with van der Waals surface area (Å²) >= 11 is 3.87. The van der Waals surface area contributed by atoms with Crippen LogP contribution in [0.5, 0.6) is 0 Å². The summed E-state index contributed by atoms with van der Waals surface area (Å²) in [6, 6.07) is -13.6. The number of carboxylic acid groups (broad SMARTS) is 1. The number of nitrogens with one attached hydrogen (secondary N) is 8. The van der Waals surface area contributed by atoms with Crippen LogP contribution in [-0.4, -0.2) is 172 Å². The third-order valence-electron chi connectivity index (χ3n) is 12.8. The number of aliphatic hydroxyl groups is 1. The van der Waals surface area contributed by atoms with Gasteiger partial charge in [0.05, 0.1) is 19.1 Å². The van der Waals surface area contributed by atoms with Crippen molar-refractivity contribution in [3.8, 4) is 0 Å². The Kier molecular flexibility index (Phi) is 31.0. The van der Waals surface area contributed by atoms with E-state index in [9.17, 15) is 67.7 Å². The number of primary amides is 2. The van der Waals surface area contributed by atoms with Crippen molar-refractivity contribution in [3.05, 3.63) is 0 Å². The largest absolute Gasteiger partial charge is 0.480 e. The summed E-state index contributed by atoms with van der Waals surface area (Å²) in [5.41, 5.74) is 22.6. The zero-order valence-corrected chi connectivity index (χ0v) is 46.6. The summed E-state index contributed by atoms with van der Waals surface area (Å²) in [5.74, 6) is -12.5. The van der Waals surface area contributed by atoms with Gasteiger partial charge in [-0.25, -0.2) is 4.79 Å². The monoisotopic (exact) mass is 1110 g/mol. The van der Waals surface area contributed by atoms with Crippen molar-refractivity contribution in [3.63, 3.8) is 0 Å². The fraction of sp³-hybridized carbons (Fsp3) is 0.755. The third-order valence-corrected chi connectivity index (χ3v) is 13.2. The SMILES string of the molecule is CC[C@H](C)[C@H](NC(=O)[C@@H]1CCCN1C(=O)[C@H](CC(C)C)NC(=O)[C@@H](N)CC(C)C)C(=O)N[C@H](C(=O)N[C@@H](CC(N)=O)C(=O)N[C@@H](CCCCN)C(=O)N[C@@H](CCC(N)=O)C(=O)N[C@@H](CO)C(=O)N[C@@H](CS)C(=O)O)C(C)C. The summed E-state index contributed by atoms with van der Waals surface area (Å²) in [7, 11) is 0. The van der Waals surface area contributed by atoms with Crippen molar-refractivity contribution in [2.24, 2.45) is 46.6 Å². The van der Waals surface area contributed by atoms with E-state index in [1.165, 1.54) is 4.90 Å². The number of hydrogen-bond acceptors (Lipinski definition) is 16. The highest BCUT2D eigenvalue weighted by atomic mass is 32.1. The van der Waals surface area contributed by atoms with Gasteiger partial charge in [-0.05, 0) is 81.6 Å². The van der Waals surface area contributed by atoms with Crippen LogP contribution in [0.2, 0.25) is 0 Å². The van der Waals surface area contributed by atoms with Crippen molar-refractivity contribution in [2.45, 2.75) is 186 Å². The minimum absolute atomic E-state index is 0.0120. The van der Waals surface area contributed by atoms with E-state index >= 15 is 0 Å². The number of likely N-dealkylation sites (tertiary alicyclic amines) is 1. The van der Waals surface area contributed by atoms with E-state index in [-0.39, 0.29) is 56.4 Å². The van der Waals surface area contributed by atoms with Gasteiger partial charge in [-0.3, -0.25) is 52.7 Å². The second-order valence-electron chi connectivity index (χ2n) is 20.7. The van der Waals surface area contributed by atoms with Gasteiger partial charge in [0, 0.05) is 18.7 Å². The van der Waals surface area contributed by atoms with Gasteiger partial charge < -0.3 is 80.6 Å². The molecule has 11 atom stereocenters. The Bertz CT molecular complexity index is 2050. The first-order valence-corrected chi connectivity index (χ1v) is 26.9. The van der Waals surface area contributed by atoms with Crippen molar-refractivity contribution in [2.75, 3.05) is 25.4 Å². The Morgan fingerprint density at radius 2 is 1.12 bits per heavy atom. The van der Waals surface area contributed by atoms with E-state index in [4.69, 9.17) is 22.9 Å². The van der Waals surface area contributed by atoms with E-state index in [1.54, 1.807) is 27.7 Å². The number of aliphatic hydroxyl groups excluding tert-OH is 1. The first-order chi connectivity index (χ1) is 36.0. The molecule has 0 aromatic carbocycles. The van der Waals surface area contributed by atoms with E-state index in [0.717, 1.165) is 0 Å². The number of thiol groups is 1. The average molecular weight is 1110 g/mol. The molecule has 1 fully saturated rings. The van der Waals surface area contributed by atoms with Crippen LogP contribution in [0.15, 0.2) is 0 Å². The van der Waals surface area contributed by atoms with Gasteiger partial charge in [0.2, 0.25) is 65.0 Å². The molecular formula is C49H87N13O14S. The van der Waals surface area contributed by atoms with Crippen molar-refractivity contribution in [1.29, 1.82) is 0 Å². The second kappa shape index (κ2) is 34.6. The molecule has 0 saturated carbocycles. The van der Waals surface area contributed by atoms with Gasteiger partial charge in [0.15, 0.2) is 0 Å². The van der Waals surface area contributed by atoms with Crippen molar-refractivity contribution >= 4 is 83.6 Å². The highest BCUT2D eigenvalue weighted by Crippen LogP contribution is 2.22. The van der Waals surface area contributed by atoms with Gasteiger partial charge >= 0.3 is 5.97 Å². The molecule has 77 heavy (non-hydrogen) atoms. The predicted molar refractivity (Wildman–Crippen MR) is 285 cm³/mol. The lowest BCUT2D eigenvalue weighted by molar-refractivity contribution is -0.143. The molecule has 0 radical (unpaired) electrons. The molecule has 0 unspecified atom stereocenters. The number of carbonyl (C=O) groups is 12. The lowest BCUT2D eigenvalue weighted by Gasteiger charge is -2.32. The van der Waals surface area contributed by atoms with Crippen LogP contribution in [0, 0.1) is 23.7 Å². The van der Waals surface area contributed by atoms with Crippen LogP contribution in [0.3, 0.4) is 0 Å². The quantitative estimate of drug-likeness (QED) is 0.0212. The maximum atomic E-state index is 14.2. The minimum atomic E-state index is -1.75. The molecule has 438 valence electrons. The lowest BCUT2D eigenvalue weighted by atomic mass is 9.95. The number of unbranched alkanes of at least 4 members (excludes halogenated alkanes) is 1. The summed E-state index contributed by atoms with van der Waals surface area (Å²) in [6.07, 6.45) is 0.521. The number of hydrogen-bond donors (Lipinski definition) is 15. The minimum Gasteiger partial charge on any atom is -0.480 e. The van der Waals surface area contributed by atoms with Gasteiger partial charge in [-0.1, -0.05) is 61.8 Å². The normalized spacial score (nSPS) is 17.2. The first-order valence-electron chi connectivity index (χ1n) is 26.2. The number of carbonyl (C=O) groups excluding carboxylic acids is 11. The molecule has 1 heterocycles. The number of nitrogens with zero attached hydrogens (tertiary/aromatic N) is 1. The standard InChI is InChI=1S/C49H87N13O14S/c1-9-27(8)39(61-45(71)35-14-12-18-62(35)48(74)32(20-25(4)5)57-40(66)28(51)19-24(2)3)47(73)60-38(26(6)7)46(72)56-31(21-37(53)65)43(69)54-29(13-10-11-17-50)41(67)55-30(15-16-36(52)64)42(68)58-33(22-63)44(70)59-34(23-77)49(75)76/h24-35,38-39,63,77H,9-23,50-51H2,1-8H3,(H2,52,64)(H2,53,65)(H,54,69)(H,55,67)(H,56,72)(H,57,66)(H,58,68)(H,59,70)(H,60,73)(H,61,71)(H,75,76)/t27-,28-,29-,30-,31-,32-,33-,34-,35-,38-,39-/m0/s1. The van der Waals surface area contributed by atoms with Crippen LogP contribution < -0.4 is 65.5 Å². The summed E-state index contributed by atoms with van der Waals surface area (Å²) < 4.78 is 0. The molecule has 0 aliphatic carbocycles. The Morgan fingerprint density at radius 3 is 1.61 bits per heavy atom. The fourth-order valence-corrected chi connectivity index (χ4v) is 8.52. The van der Waals surface area contributed by atoms with Crippen molar-refractivity contribution in [1.82, 2.24) is 47.4 Å². The third kappa shape index (κ3) is 24.0. The van der Waals surface area contributed by atoms with Crippen LogP contribution in [-0.2, 0) is 57.5 Å². The second-order valence-corrected chi connectivity index (χ2v) is 21.1. The smallest absolute Gasteiger partial charge is 0.327 e. The van der Waals surface area contributed by atoms with Crippen LogP contribution >= 0.6 is 12.6 Å². The van der Waals surface area contributed by atoms with Gasteiger partial charge in [-0.2, -0.15) is 12.6 Å². The van der Waals surface area contributed by atoms with Crippen molar-refractivity contribution < 1.29 is 67.7 Å². The lowest BCUT2D eigenvalue weighted by Crippen LogP contribution is -2.62. The molecule has 1 saturated heterocycles. The number of nitrogens with two attached hydrogens (primary N) is 4. The molecule has 1 rings (SSSR count). The maximum absolute atomic E-state index is 14.2. The molecule has 11 amide bonds. The first kappa shape index (κ1) is 68.9. The summed E-state index contributed by atoms with van der Waals surface area (Å²) in [5, 5.41) is 39.0. The molecule has 0 bridgehead atoms. The predicted octanol–water partition coefficient (Wildman–Crippen LogP) is -3.75. The molecule has 27 nitrogen and oxygen atoms in total. The zero-order chi connectivity index (χ0) is 58.9. The summed E-state index contributed by atoms with van der Waals surface area (Å²) in [4.78, 5) is 161. The number of aliphatic carboxylic acids is 1. The molecule has 1 aliphatic rings. The highest BCUT2D eigenvalue weighted by Gasteiger charge is 2.41. The van der Waals surface area contributed by atoms with E-state index in [0.29, 0.717) is 25.7 Å². The number of carboxylic acids is 1. The van der Waals surface area contributed by atoms with E-state index < -0.39 is 169 Å². The topological polar surface area (TPSA) is 449 Å². The molecule has 0 aromatic rings. The van der Waals surface area contributed by atoms with Gasteiger partial charge in [0.1, 0.15) is 54.4 Å². The Labute approximate surface area is 455 Å². The Balaban J connectivity index is 3.43. The van der Waals surface area contributed by atoms with Gasteiger partial charge in [-0.15, -0.1) is 0 Å². The van der Waals surface area contributed by atoms with Crippen LogP contribution in [0.4, 0.5) is 0 Å². The maximum Gasteiger partial charge on any atom is 0.327 e. The Morgan fingerprint density at radius 1 is 0.610 bits per heavy atom. The molecule has 0 aromatic heterocycles.